The number of piperazine rings is 1. The number of nitrogens with zero attached hydrogens (tertiary/aromatic N) is 3. The number of hydrogen-bond acceptors (Lipinski definition) is 7. The maximum Gasteiger partial charge on any atom is 0.258 e. The normalized spacial score (nSPS) is 18.0. The van der Waals surface area contributed by atoms with Gasteiger partial charge in [0.25, 0.3) is 5.56 Å². The van der Waals surface area contributed by atoms with E-state index in [-0.39, 0.29) is 10.5 Å². The largest absolute Gasteiger partial charge is 0.486 e. The van der Waals surface area contributed by atoms with Crippen LogP contribution in [0.15, 0.2) is 45.5 Å². The number of nitrogens with one attached hydrogen (secondary N) is 1. The highest BCUT2D eigenvalue weighted by atomic mass is 32.2. The van der Waals surface area contributed by atoms with Gasteiger partial charge in [-0.3, -0.25) is 9.20 Å². The van der Waals surface area contributed by atoms with Crippen molar-refractivity contribution in [3.63, 3.8) is 0 Å². The number of hydrogen-bond donors (Lipinski definition) is 1. The minimum Gasteiger partial charge on any atom is -0.486 e. The van der Waals surface area contributed by atoms with E-state index in [1.54, 1.807) is 24.4 Å². The molecule has 30 heavy (non-hydrogen) atoms. The van der Waals surface area contributed by atoms with Gasteiger partial charge in [0.2, 0.25) is 10.0 Å². The molecule has 9 nitrogen and oxygen atoms in total. The molecule has 0 unspecified atom stereocenters. The van der Waals surface area contributed by atoms with Crippen molar-refractivity contribution in [1.29, 1.82) is 0 Å². The highest BCUT2D eigenvalue weighted by Crippen LogP contribution is 2.33. The van der Waals surface area contributed by atoms with Crippen LogP contribution in [0.4, 0.5) is 0 Å². The highest BCUT2D eigenvalue weighted by molar-refractivity contribution is 7.89. The summed E-state index contributed by atoms with van der Waals surface area (Å²) in [5.41, 5.74) is 0.649. The first-order valence-electron chi connectivity index (χ1n) is 9.70. The van der Waals surface area contributed by atoms with E-state index in [4.69, 9.17) is 9.47 Å². The van der Waals surface area contributed by atoms with Crippen LogP contribution in [0, 0.1) is 0 Å². The van der Waals surface area contributed by atoms with Crippen LogP contribution in [0.3, 0.4) is 0 Å². The number of quaternary nitrogens is 1. The first-order chi connectivity index (χ1) is 14.5. The van der Waals surface area contributed by atoms with Gasteiger partial charge in [-0.25, -0.2) is 13.4 Å². The molecule has 3 aromatic rings. The van der Waals surface area contributed by atoms with E-state index in [9.17, 15) is 13.2 Å². The van der Waals surface area contributed by atoms with E-state index in [2.05, 4.69) is 4.98 Å². The Bertz CT molecular complexity index is 1250. The number of sulfonamides is 1. The van der Waals surface area contributed by atoms with E-state index in [0.717, 1.165) is 5.69 Å². The molecule has 11 heteroatoms. The van der Waals surface area contributed by atoms with E-state index in [1.807, 2.05) is 5.38 Å². The maximum absolute atomic E-state index is 13.1. The Morgan fingerprint density at radius 1 is 1.10 bits per heavy atom. The molecule has 0 aliphatic carbocycles. The van der Waals surface area contributed by atoms with Crippen molar-refractivity contribution >= 4 is 26.3 Å². The smallest absolute Gasteiger partial charge is 0.258 e. The van der Waals surface area contributed by atoms with Gasteiger partial charge in [-0.15, -0.1) is 11.3 Å². The number of fused-ring (bicyclic) bond motifs is 2. The molecule has 1 N–H and O–H groups in total. The molecule has 1 aromatic carbocycles. The zero-order valence-electron chi connectivity index (χ0n) is 16.1. The van der Waals surface area contributed by atoms with Crippen LogP contribution >= 0.6 is 11.3 Å². The molecule has 0 atom stereocenters. The fraction of sp³-hybridized carbons (Fsp3) is 0.368. The lowest BCUT2D eigenvalue weighted by atomic mass is 10.3. The van der Waals surface area contributed by atoms with E-state index < -0.39 is 10.0 Å². The standard InChI is InChI=1S/C19H20N4O5S2/c24-18-11-14(20-19-23(18)7-10-29-19)13-21-3-5-22(6-4-21)30(25,26)15-1-2-16-17(12-15)28-9-8-27-16/h1-2,7,10-12H,3-6,8-9,13H2/p+1. The Hall–Kier alpha value is -2.47. The Morgan fingerprint density at radius 3 is 2.67 bits per heavy atom. The van der Waals surface area contributed by atoms with Crippen LogP contribution in [0.2, 0.25) is 0 Å². The van der Waals surface area contributed by atoms with Gasteiger partial charge in [0.1, 0.15) is 25.5 Å². The summed E-state index contributed by atoms with van der Waals surface area (Å²) in [6, 6.07) is 6.31. The predicted molar refractivity (Wildman–Crippen MR) is 110 cm³/mol. The third-order valence-electron chi connectivity index (χ3n) is 5.37. The lowest BCUT2D eigenvalue weighted by Gasteiger charge is -2.31. The summed E-state index contributed by atoms with van der Waals surface area (Å²) in [7, 11) is -3.60. The van der Waals surface area contributed by atoms with Gasteiger partial charge in [-0.05, 0) is 12.1 Å². The number of ether oxygens (including phenoxy) is 2. The minimum absolute atomic E-state index is 0.0875. The molecule has 5 rings (SSSR count). The van der Waals surface area contributed by atoms with Crippen LogP contribution < -0.4 is 19.9 Å². The van der Waals surface area contributed by atoms with Crippen molar-refractivity contribution in [1.82, 2.24) is 13.7 Å². The number of aromatic nitrogens is 2. The summed E-state index contributed by atoms with van der Waals surface area (Å²) in [5.74, 6) is 1.04. The first-order valence-corrected chi connectivity index (χ1v) is 12.0. The van der Waals surface area contributed by atoms with Gasteiger partial charge < -0.3 is 14.4 Å². The second-order valence-corrected chi connectivity index (χ2v) is 10.1. The highest BCUT2D eigenvalue weighted by Gasteiger charge is 2.31. The molecule has 2 aromatic heterocycles. The van der Waals surface area contributed by atoms with Gasteiger partial charge in [0, 0.05) is 23.7 Å². The van der Waals surface area contributed by atoms with Crippen LogP contribution in [-0.2, 0) is 16.6 Å². The van der Waals surface area contributed by atoms with Gasteiger partial charge in [0.05, 0.1) is 31.1 Å². The Kier molecular flexibility index (Phi) is 4.97. The second kappa shape index (κ2) is 7.65. The number of thiazole rings is 1. The van der Waals surface area contributed by atoms with Crippen molar-refractivity contribution in [3.8, 4) is 11.5 Å². The molecule has 0 saturated carbocycles. The molecule has 0 amide bonds. The molecule has 0 radical (unpaired) electrons. The average molecular weight is 450 g/mol. The first kappa shape index (κ1) is 19.5. The summed E-state index contributed by atoms with van der Waals surface area (Å²) < 4.78 is 40.2. The van der Waals surface area contributed by atoms with E-state index in [0.29, 0.717) is 62.4 Å². The minimum atomic E-state index is -3.60. The fourth-order valence-corrected chi connectivity index (χ4v) is 5.98. The molecular weight excluding hydrogens is 428 g/mol. The maximum atomic E-state index is 13.1. The summed E-state index contributed by atoms with van der Waals surface area (Å²) >= 11 is 1.42. The lowest BCUT2D eigenvalue weighted by Crippen LogP contribution is -3.13. The van der Waals surface area contributed by atoms with Gasteiger partial charge in [-0.1, -0.05) is 0 Å². The Balaban J connectivity index is 1.27. The van der Waals surface area contributed by atoms with Crippen LogP contribution in [0.25, 0.3) is 4.96 Å². The number of benzene rings is 1. The van der Waals surface area contributed by atoms with Crippen molar-refractivity contribution in [2.45, 2.75) is 11.4 Å². The van der Waals surface area contributed by atoms with Crippen LogP contribution in [-0.4, -0.2) is 61.5 Å². The molecule has 1 saturated heterocycles. The number of rotatable bonds is 4. The predicted octanol–water partition coefficient (Wildman–Crippen LogP) is -0.383. The Morgan fingerprint density at radius 2 is 1.87 bits per heavy atom. The van der Waals surface area contributed by atoms with Crippen LogP contribution in [0.5, 0.6) is 11.5 Å². The third kappa shape index (κ3) is 3.58. The van der Waals surface area contributed by atoms with Crippen molar-refractivity contribution in [2.75, 3.05) is 39.4 Å². The zero-order chi connectivity index (χ0) is 20.7. The molecular formula is C19H21N4O5S2+. The summed E-state index contributed by atoms with van der Waals surface area (Å²) in [6.07, 6.45) is 1.72. The van der Waals surface area contributed by atoms with Crippen molar-refractivity contribution in [3.05, 3.63) is 51.9 Å². The summed E-state index contributed by atoms with van der Waals surface area (Å²) in [6.45, 7) is 3.59. The summed E-state index contributed by atoms with van der Waals surface area (Å²) in [4.78, 5) is 18.8. The zero-order valence-corrected chi connectivity index (χ0v) is 17.7. The van der Waals surface area contributed by atoms with Crippen LogP contribution in [0.1, 0.15) is 5.69 Å². The van der Waals surface area contributed by atoms with Gasteiger partial charge >= 0.3 is 0 Å². The lowest BCUT2D eigenvalue weighted by molar-refractivity contribution is -0.917. The van der Waals surface area contributed by atoms with Gasteiger partial charge in [-0.2, -0.15) is 4.31 Å². The molecule has 2 aliphatic heterocycles. The average Bonchev–Trinajstić information content (AvgIpc) is 3.23. The molecule has 4 heterocycles. The van der Waals surface area contributed by atoms with Crippen molar-refractivity contribution < 1.29 is 22.8 Å². The molecule has 158 valence electrons. The monoisotopic (exact) mass is 449 g/mol. The van der Waals surface area contributed by atoms with Crippen molar-refractivity contribution in [2.24, 2.45) is 0 Å². The topological polar surface area (TPSA) is 94.7 Å². The molecule has 0 spiro atoms. The quantitative estimate of drug-likeness (QED) is 0.584. The summed E-state index contributed by atoms with van der Waals surface area (Å²) in [5, 5.41) is 1.84. The van der Waals surface area contributed by atoms with E-state index in [1.165, 1.54) is 31.0 Å². The molecule has 2 aliphatic rings. The van der Waals surface area contributed by atoms with E-state index >= 15 is 0 Å². The van der Waals surface area contributed by atoms with Gasteiger partial charge in [0.15, 0.2) is 16.5 Å². The fourth-order valence-electron chi connectivity index (χ4n) is 3.79. The second-order valence-electron chi connectivity index (χ2n) is 7.28. The molecule has 0 bridgehead atoms. The third-order valence-corrected chi connectivity index (χ3v) is 8.02. The Labute approximate surface area is 177 Å². The SMILES string of the molecule is O=c1cc(C[NH+]2CCN(S(=O)(=O)c3ccc4c(c3)OCCO4)CC2)nc2sccn12. The molecule has 1 fully saturated rings.